The minimum atomic E-state index is -0.472. The van der Waals surface area contributed by atoms with Gasteiger partial charge in [0.2, 0.25) is 5.91 Å². The van der Waals surface area contributed by atoms with Crippen molar-refractivity contribution in [2.75, 3.05) is 27.8 Å². The van der Waals surface area contributed by atoms with E-state index in [1.54, 1.807) is 26.1 Å². The molecule has 4 rings (SSSR count). The Morgan fingerprint density at radius 2 is 1.60 bits per heavy atom. The van der Waals surface area contributed by atoms with Gasteiger partial charge in [-0.2, -0.15) is 0 Å². The molecular weight excluding hydrogens is 460 g/mol. The Hall–Kier alpha value is -3.78. The average molecular weight is 489 g/mol. The van der Waals surface area contributed by atoms with Gasteiger partial charge in [-0.1, -0.05) is 42.1 Å². The topological polar surface area (TPSA) is 69.5 Å². The molecule has 3 aromatic carbocycles. The van der Waals surface area contributed by atoms with E-state index in [9.17, 15) is 4.79 Å². The molecule has 1 heterocycles. The van der Waals surface area contributed by atoms with Crippen LogP contribution in [-0.2, 0) is 4.79 Å². The molecule has 8 heteroatoms. The van der Waals surface area contributed by atoms with Crippen molar-refractivity contribution in [2.45, 2.75) is 17.3 Å². The van der Waals surface area contributed by atoms with E-state index >= 15 is 0 Å². The zero-order chi connectivity index (χ0) is 24.8. The van der Waals surface area contributed by atoms with Crippen LogP contribution in [0.4, 0.5) is 0 Å². The molecule has 0 N–H and O–H groups in total. The number of aromatic nitrogens is 3. The molecule has 0 bridgehead atoms. The van der Waals surface area contributed by atoms with Crippen LogP contribution in [0.25, 0.3) is 17.1 Å². The molecule has 4 aromatic rings. The molecule has 0 saturated carbocycles. The van der Waals surface area contributed by atoms with Gasteiger partial charge in [0.15, 0.2) is 11.0 Å². The zero-order valence-electron chi connectivity index (χ0n) is 20.2. The molecule has 180 valence electrons. The third kappa shape index (κ3) is 5.49. The molecule has 0 aliphatic heterocycles. The van der Waals surface area contributed by atoms with Crippen molar-refractivity contribution >= 4 is 17.7 Å². The first-order valence-electron chi connectivity index (χ1n) is 11.3. The quantitative estimate of drug-likeness (QED) is 0.299. The summed E-state index contributed by atoms with van der Waals surface area (Å²) in [5.74, 6) is 2.20. The van der Waals surface area contributed by atoms with E-state index in [1.165, 1.54) is 11.8 Å². The number of carbonyl (C=O) groups is 1. The maximum absolute atomic E-state index is 13.2. The van der Waals surface area contributed by atoms with Crippen LogP contribution in [0.5, 0.6) is 11.5 Å². The van der Waals surface area contributed by atoms with Crippen LogP contribution in [0, 0.1) is 0 Å². The smallest absolute Gasteiger partial charge is 0.240 e. The van der Waals surface area contributed by atoms with Gasteiger partial charge in [0, 0.05) is 25.3 Å². The molecule has 0 radical (unpaired) electrons. The molecule has 0 saturated heterocycles. The number of methoxy groups -OCH3 is 1. The van der Waals surface area contributed by atoms with Crippen molar-refractivity contribution in [1.29, 1.82) is 0 Å². The van der Waals surface area contributed by atoms with Crippen molar-refractivity contribution in [3.05, 3.63) is 84.4 Å². The third-order valence-electron chi connectivity index (χ3n) is 5.38. The lowest BCUT2D eigenvalue weighted by atomic mass is 10.1. The predicted molar refractivity (Wildman–Crippen MR) is 138 cm³/mol. The molecule has 7 nitrogen and oxygen atoms in total. The van der Waals surface area contributed by atoms with Gasteiger partial charge in [-0.05, 0) is 61.0 Å². The van der Waals surface area contributed by atoms with Crippen LogP contribution >= 0.6 is 11.8 Å². The standard InChI is InChI=1S/C27H28N4O3S/c1-5-34-23-17-13-21(14-18-23)31-25(20-11-15-22(33-4)16-12-20)28-29-27(31)35-24(26(32)30(2)3)19-9-7-6-8-10-19/h6-18,24H,5H2,1-4H3/t24-/m1/s1. The molecule has 0 unspecified atom stereocenters. The summed E-state index contributed by atoms with van der Waals surface area (Å²) in [6, 6.07) is 25.2. The van der Waals surface area contributed by atoms with Gasteiger partial charge in [-0.25, -0.2) is 0 Å². The Morgan fingerprint density at radius 1 is 0.943 bits per heavy atom. The summed E-state index contributed by atoms with van der Waals surface area (Å²) in [4.78, 5) is 14.8. The first-order chi connectivity index (χ1) is 17.0. The fourth-order valence-electron chi connectivity index (χ4n) is 3.59. The molecule has 0 aliphatic carbocycles. The van der Waals surface area contributed by atoms with Gasteiger partial charge in [0.1, 0.15) is 16.7 Å². The summed E-state index contributed by atoms with van der Waals surface area (Å²) >= 11 is 1.38. The number of amides is 1. The molecule has 1 aromatic heterocycles. The lowest BCUT2D eigenvalue weighted by Gasteiger charge is -2.20. The molecule has 0 spiro atoms. The van der Waals surface area contributed by atoms with E-state index in [-0.39, 0.29) is 5.91 Å². The SMILES string of the molecule is CCOc1ccc(-n2c(S[C@@H](C(=O)N(C)C)c3ccccc3)nnc2-c2ccc(OC)cc2)cc1. The number of hydrogen-bond acceptors (Lipinski definition) is 6. The van der Waals surface area contributed by atoms with Crippen LogP contribution in [0.2, 0.25) is 0 Å². The van der Waals surface area contributed by atoms with Crippen molar-refractivity contribution in [1.82, 2.24) is 19.7 Å². The molecule has 0 fully saturated rings. The highest BCUT2D eigenvalue weighted by atomic mass is 32.2. The van der Waals surface area contributed by atoms with Crippen LogP contribution in [0.1, 0.15) is 17.7 Å². The van der Waals surface area contributed by atoms with E-state index in [1.807, 2.05) is 90.4 Å². The Bertz CT molecular complexity index is 1260. The Labute approximate surface area is 209 Å². The second-order valence-electron chi connectivity index (χ2n) is 7.94. The Kier molecular flexibility index (Phi) is 7.72. The maximum Gasteiger partial charge on any atom is 0.240 e. The molecular formula is C27H28N4O3S. The molecule has 1 atom stereocenters. The van der Waals surface area contributed by atoms with E-state index < -0.39 is 5.25 Å². The van der Waals surface area contributed by atoms with Crippen molar-refractivity contribution in [3.8, 4) is 28.6 Å². The van der Waals surface area contributed by atoms with E-state index in [0.29, 0.717) is 17.6 Å². The van der Waals surface area contributed by atoms with Crippen LogP contribution in [-0.4, -0.2) is 53.4 Å². The predicted octanol–water partition coefficient (Wildman–Crippen LogP) is 5.26. The number of ether oxygens (including phenoxy) is 2. The second kappa shape index (κ2) is 11.1. The van der Waals surface area contributed by atoms with Crippen LogP contribution in [0.15, 0.2) is 84.0 Å². The molecule has 0 aliphatic rings. The second-order valence-corrected chi connectivity index (χ2v) is 9.01. The average Bonchev–Trinajstić information content (AvgIpc) is 3.31. The number of rotatable bonds is 9. The van der Waals surface area contributed by atoms with Crippen LogP contribution in [0.3, 0.4) is 0 Å². The van der Waals surface area contributed by atoms with Gasteiger partial charge < -0.3 is 14.4 Å². The lowest BCUT2D eigenvalue weighted by Crippen LogP contribution is -2.27. The number of thioether (sulfide) groups is 1. The number of carbonyl (C=O) groups excluding carboxylic acids is 1. The first-order valence-corrected chi connectivity index (χ1v) is 12.2. The van der Waals surface area contributed by atoms with Gasteiger partial charge in [0.05, 0.1) is 13.7 Å². The van der Waals surface area contributed by atoms with Crippen molar-refractivity contribution in [2.24, 2.45) is 0 Å². The van der Waals surface area contributed by atoms with E-state index in [0.717, 1.165) is 28.3 Å². The van der Waals surface area contributed by atoms with Gasteiger partial charge >= 0.3 is 0 Å². The van der Waals surface area contributed by atoms with E-state index in [4.69, 9.17) is 9.47 Å². The monoisotopic (exact) mass is 488 g/mol. The molecule has 1 amide bonds. The summed E-state index contributed by atoms with van der Waals surface area (Å²) < 4.78 is 12.9. The summed E-state index contributed by atoms with van der Waals surface area (Å²) in [6.07, 6.45) is 0. The van der Waals surface area contributed by atoms with E-state index in [2.05, 4.69) is 10.2 Å². The fourth-order valence-corrected chi connectivity index (χ4v) is 4.79. The summed E-state index contributed by atoms with van der Waals surface area (Å²) in [6.45, 7) is 2.55. The largest absolute Gasteiger partial charge is 0.497 e. The highest BCUT2D eigenvalue weighted by molar-refractivity contribution is 8.00. The van der Waals surface area contributed by atoms with Crippen LogP contribution < -0.4 is 9.47 Å². The molecule has 35 heavy (non-hydrogen) atoms. The zero-order valence-corrected chi connectivity index (χ0v) is 21.0. The number of nitrogens with zero attached hydrogens (tertiary/aromatic N) is 4. The summed E-state index contributed by atoms with van der Waals surface area (Å²) in [7, 11) is 5.16. The summed E-state index contributed by atoms with van der Waals surface area (Å²) in [5, 5.41) is 9.19. The summed E-state index contributed by atoms with van der Waals surface area (Å²) in [5.41, 5.74) is 2.66. The first kappa shape index (κ1) is 24.3. The van der Waals surface area contributed by atoms with Gasteiger partial charge in [0.25, 0.3) is 0 Å². The Morgan fingerprint density at radius 3 is 2.20 bits per heavy atom. The highest BCUT2D eigenvalue weighted by Gasteiger charge is 2.27. The number of hydrogen-bond donors (Lipinski definition) is 0. The lowest BCUT2D eigenvalue weighted by molar-refractivity contribution is -0.128. The van der Waals surface area contributed by atoms with Gasteiger partial charge in [-0.15, -0.1) is 10.2 Å². The number of likely N-dealkylation sites (N-methyl/N-ethyl adjacent to an activating group) is 1. The minimum absolute atomic E-state index is 0.0200. The normalized spacial score (nSPS) is 11.7. The minimum Gasteiger partial charge on any atom is -0.497 e. The van der Waals surface area contributed by atoms with Gasteiger partial charge in [-0.3, -0.25) is 9.36 Å². The fraction of sp³-hybridized carbons (Fsp3) is 0.222. The Balaban J connectivity index is 1.81. The van der Waals surface area contributed by atoms with Crippen molar-refractivity contribution in [3.63, 3.8) is 0 Å². The third-order valence-corrected chi connectivity index (χ3v) is 6.56. The number of benzene rings is 3. The van der Waals surface area contributed by atoms with Crippen molar-refractivity contribution < 1.29 is 14.3 Å². The highest BCUT2D eigenvalue weighted by Crippen LogP contribution is 2.38. The maximum atomic E-state index is 13.2.